The fourth-order valence-corrected chi connectivity index (χ4v) is 2.24. The largest absolute Gasteiger partial charge is 0.382 e. The second kappa shape index (κ2) is 7.72. The van der Waals surface area contributed by atoms with Crippen molar-refractivity contribution >= 4 is 28.1 Å². The second-order valence-electron chi connectivity index (χ2n) is 4.56. The zero-order valence-corrected chi connectivity index (χ0v) is 13.0. The van der Waals surface area contributed by atoms with E-state index in [0.717, 1.165) is 0 Å². The van der Waals surface area contributed by atoms with Crippen LogP contribution in [-0.4, -0.2) is 40.1 Å². The van der Waals surface area contributed by atoms with Crippen LogP contribution in [0.25, 0.3) is 0 Å². The van der Waals surface area contributed by atoms with E-state index in [1.165, 1.54) is 25.2 Å². The number of benzene rings is 1. The smallest absolute Gasteiger partial charge is 0.293 e. The molecular weight excluding hydrogens is 294 g/mol. The predicted octanol–water partition coefficient (Wildman–Crippen LogP) is 1.52. The topological polar surface area (TPSA) is 101 Å². The molecule has 0 saturated carbocycles. The number of rotatable bonds is 7. The number of amides is 1. The van der Waals surface area contributed by atoms with E-state index in [1.54, 1.807) is 6.26 Å². The lowest BCUT2D eigenvalue weighted by Gasteiger charge is -2.11. The Bertz CT molecular complexity index is 562. The van der Waals surface area contributed by atoms with E-state index < -0.39 is 21.6 Å². The van der Waals surface area contributed by atoms with Gasteiger partial charge in [-0.25, -0.2) is 0 Å². The minimum Gasteiger partial charge on any atom is -0.382 e. The van der Waals surface area contributed by atoms with Crippen molar-refractivity contribution in [3.8, 4) is 0 Å². The Morgan fingerprint density at radius 3 is 2.67 bits per heavy atom. The van der Waals surface area contributed by atoms with Gasteiger partial charge in [-0.15, -0.1) is 0 Å². The predicted molar refractivity (Wildman–Crippen MR) is 83.1 cm³/mol. The summed E-state index contributed by atoms with van der Waals surface area (Å²) >= 11 is 0. The van der Waals surface area contributed by atoms with Crippen molar-refractivity contribution in [2.24, 2.45) is 0 Å². The Hall–Kier alpha value is -1.96. The molecule has 1 amide bonds. The first-order valence-electron chi connectivity index (χ1n) is 6.44. The summed E-state index contributed by atoms with van der Waals surface area (Å²) in [5.41, 5.74) is 0.261. The van der Waals surface area contributed by atoms with Gasteiger partial charge in [0.05, 0.1) is 10.5 Å². The summed E-state index contributed by atoms with van der Waals surface area (Å²) in [5.74, 6) is -0.392. The molecule has 0 saturated heterocycles. The molecule has 2 N–H and O–H groups in total. The average molecular weight is 313 g/mol. The Morgan fingerprint density at radius 2 is 2.14 bits per heavy atom. The normalized spacial score (nSPS) is 13.3. The van der Waals surface area contributed by atoms with Gasteiger partial charge in [0.15, 0.2) is 0 Å². The number of nitrogens with zero attached hydrogens (tertiary/aromatic N) is 1. The van der Waals surface area contributed by atoms with Crippen LogP contribution in [-0.2, 0) is 10.8 Å². The zero-order valence-electron chi connectivity index (χ0n) is 12.2. The molecule has 0 bridgehead atoms. The molecule has 0 aliphatic rings. The van der Waals surface area contributed by atoms with Gasteiger partial charge in [0.1, 0.15) is 5.69 Å². The maximum Gasteiger partial charge on any atom is 0.293 e. The molecule has 0 aliphatic heterocycles. The number of nitro benzene ring substituents is 1. The second-order valence-corrected chi connectivity index (χ2v) is 6.36. The number of hydrogen-bond acceptors (Lipinski definition) is 5. The van der Waals surface area contributed by atoms with Crippen molar-refractivity contribution in [2.45, 2.75) is 18.6 Å². The zero-order chi connectivity index (χ0) is 16.0. The van der Waals surface area contributed by atoms with Crippen LogP contribution in [0, 0.1) is 10.1 Å². The van der Waals surface area contributed by atoms with Gasteiger partial charge < -0.3 is 10.6 Å². The van der Waals surface area contributed by atoms with E-state index in [1.807, 2.05) is 6.92 Å². The number of hydrogen-bond donors (Lipinski definition) is 2. The third-order valence-electron chi connectivity index (χ3n) is 3.14. The van der Waals surface area contributed by atoms with Crippen molar-refractivity contribution < 1.29 is 13.9 Å². The van der Waals surface area contributed by atoms with E-state index in [2.05, 4.69) is 10.6 Å². The summed E-state index contributed by atoms with van der Waals surface area (Å²) in [6.45, 7) is 2.21. The van der Waals surface area contributed by atoms with Gasteiger partial charge in [-0.1, -0.05) is 13.0 Å². The monoisotopic (exact) mass is 313 g/mol. The van der Waals surface area contributed by atoms with Crippen LogP contribution in [0.5, 0.6) is 0 Å². The minimum absolute atomic E-state index is 0.0146. The Morgan fingerprint density at radius 1 is 1.48 bits per heavy atom. The first-order chi connectivity index (χ1) is 9.88. The summed E-state index contributed by atoms with van der Waals surface area (Å²) in [4.78, 5) is 22.5. The molecule has 7 nitrogen and oxygen atoms in total. The number of nitro groups is 1. The van der Waals surface area contributed by atoms with Crippen LogP contribution in [0.3, 0.4) is 0 Å². The lowest BCUT2D eigenvalue weighted by atomic mass is 10.1. The molecule has 0 aromatic heterocycles. The average Bonchev–Trinajstić information content (AvgIpc) is 2.45. The summed E-state index contributed by atoms with van der Waals surface area (Å²) < 4.78 is 11.2. The fourth-order valence-electron chi connectivity index (χ4n) is 1.79. The highest BCUT2D eigenvalue weighted by molar-refractivity contribution is 7.84. The SMILES string of the molecule is CNc1c(C(=O)NCCC(C)S(C)=O)cccc1[N+](=O)[O-]. The van der Waals surface area contributed by atoms with Crippen molar-refractivity contribution in [1.82, 2.24) is 5.32 Å². The van der Waals surface area contributed by atoms with Crippen molar-refractivity contribution in [1.29, 1.82) is 0 Å². The lowest BCUT2D eigenvalue weighted by Crippen LogP contribution is -2.28. The summed E-state index contributed by atoms with van der Waals surface area (Å²) in [6, 6.07) is 4.33. The minimum atomic E-state index is -0.938. The van der Waals surface area contributed by atoms with E-state index in [0.29, 0.717) is 13.0 Å². The van der Waals surface area contributed by atoms with Crippen LogP contribution < -0.4 is 10.6 Å². The number of para-hydroxylation sites is 1. The van der Waals surface area contributed by atoms with E-state index in [4.69, 9.17) is 0 Å². The Kier molecular flexibility index (Phi) is 6.29. The number of nitrogens with one attached hydrogen (secondary N) is 2. The molecule has 116 valence electrons. The van der Waals surface area contributed by atoms with E-state index in [9.17, 15) is 19.1 Å². The van der Waals surface area contributed by atoms with Crippen LogP contribution in [0.2, 0.25) is 0 Å². The third-order valence-corrected chi connectivity index (χ3v) is 4.51. The van der Waals surface area contributed by atoms with Gasteiger partial charge in [-0.05, 0) is 12.5 Å². The van der Waals surface area contributed by atoms with Gasteiger partial charge >= 0.3 is 0 Å². The van der Waals surface area contributed by atoms with Gasteiger partial charge in [0.2, 0.25) is 0 Å². The first-order valence-corrected chi connectivity index (χ1v) is 8.06. The lowest BCUT2D eigenvalue weighted by molar-refractivity contribution is -0.384. The summed E-state index contributed by atoms with van der Waals surface area (Å²) in [6.07, 6.45) is 2.20. The molecule has 0 aliphatic carbocycles. The van der Waals surface area contributed by atoms with Gasteiger partial charge in [-0.2, -0.15) is 0 Å². The fraction of sp³-hybridized carbons (Fsp3) is 0.462. The highest BCUT2D eigenvalue weighted by Gasteiger charge is 2.20. The number of carbonyl (C=O) groups is 1. The van der Waals surface area contributed by atoms with Gasteiger partial charge in [0, 0.05) is 42.0 Å². The van der Waals surface area contributed by atoms with Crippen molar-refractivity contribution in [2.75, 3.05) is 25.2 Å². The van der Waals surface area contributed by atoms with Gasteiger partial charge in [0.25, 0.3) is 11.6 Å². The summed E-state index contributed by atoms with van der Waals surface area (Å²) in [5, 5.41) is 16.3. The Labute approximate surface area is 125 Å². The quantitative estimate of drug-likeness (QED) is 0.587. The highest BCUT2D eigenvalue weighted by atomic mass is 32.2. The van der Waals surface area contributed by atoms with Crippen molar-refractivity contribution in [3.05, 3.63) is 33.9 Å². The van der Waals surface area contributed by atoms with Crippen LogP contribution >= 0.6 is 0 Å². The van der Waals surface area contributed by atoms with E-state index in [-0.39, 0.29) is 22.2 Å². The molecule has 1 aromatic rings. The molecule has 1 rings (SSSR count). The molecule has 0 radical (unpaired) electrons. The van der Waals surface area contributed by atoms with E-state index >= 15 is 0 Å². The van der Waals surface area contributed by atoms with Gasteiger partial charge in [-0.3, -0.25) is 19.1 Å². The molecule has 0 heterocycles. The number of carbonyl (C=O) groups excluding carboxylic acids is 1. The Balaban J connectivity index is 2.81. The number of anilines is 1. The molecule has 8 heteroatoms. The molecular formula is C13H19N3O4S. The molecule has 0 fully saturated rings. The van der Waals surface area contributed by atoms with Crippen molar-refractivity contribution in [3.63, 3.8) is 0 Å². The maximum atomic E-state index is 12.1. The molecule has 0 spiro atoms. The third kappa shape index (κ3) is 4.52. The first kappa shape index (κ1) is 17.1. The van der Waals surface area contributed by atoms with Crippen LogP contribution in [0.4, 0.5) is 11.4 Å². The molecule has 2 unspecified atom stereocenters. The molecule has 1 aromatic carbocycles. The maximum absolute atomic E-state index is 12.1. The molecule has 21 heavy (non-hydrogen) atoms. The van der Waals surface area contributed by atoms with Crippen LogP contribution in [0.15, 0.2) is 18.2 Å². The molecule has 2 atom stereocenters. The summed E-state index contributed by atoms with van der Waals surface area (Å²) in [7, 11) is 0.591. The van der Waals surface area contributed by atoms with Crippen LogP contribution in [0.1, 0.15) is 23.7 Å². The standard InChI is InChI=1S/C13H19N3O4S/c1-9(21(3)20)7-8-15-13(17)10-5-4-6-11(16(18)19)12(10)14-2/h4-6,9,14H,7-8H2,1-3H3,(H,15,17). The highest BCUT2D eigenvalue weighted by Crippen LogP contribution is 2.27.